The summed E-state index contributed by atoms with van der Waals surface area (Å²) in [5.74, 6) is -2.20. The van der Waals surface area contributed by atoms with E-state index in [1.165, 1.54) is 17.0 Å². The second-order valence-corrected chi connectivity index (χ2v) is 9.00. The largest absolute Gasteiger partial charge is 0.478 e. The van der Waals surface area contributed by atoms with E-state index in [1.54, 1.807) is 13.8 Å². The minimum absolute atomic E-state index is 0.149. The number of amides is 1. The van der Waals surface area contributed by atoms with Gasteiger partial charge in [0, 0.05) is 18.2 Å². The lowest BCUT2D eigenvalue weighted by Crippen LogP contribution is -2.42. The van der Waals surface area contributed by atoms with Crippen LogP contribution in [0.5, 0.6) is 11.6 Å². The van der Waals surface area contributed by atoms with Gasteiger partial charge >= 0.3 is 12.1 Å². The van der Waals surface area contributed by atoms with Gasteiger partial charge in [-0.05, 0) is 69.7 Å². The quantitative estimate of drug-likeness (QED) is 0.456. The summed E-state index contributed by atoms with van der Waals surface area (Å²) in [5, 5.41) is 9.84. The number of carboxylic acid groups (broad SMARTS) is 1. The Bertz CT molecular complexity index is 1150. The van der Waals surface area contributed by atoms with Gasteiger partial charge in [0.2, 0.25) is 17.5 Å². The number of aromatic carboxylic acids is 1. The van der Waals surface area contributed by atoms with E-state index in [0.717, 1.165) is 37.9 Å². The van der Waals surface area contributed by atoms with Gasteiger partial charge in [-0.15, -0.1) is 0 Å². The number of carboxylic acids is 1. The standard InChI is InChI=1S/C25H26F3N3O4/c1-14(2)31(23(32)16-7-5-15(3)6-8-16)21-10-9-18(12-19(21)24(33)34)35-22-20(25(26,27)28)11-17(29-4)13-30-22/h9-16H,5-8H2,1-3H3,(H,33,34)/t15-,16-. The summed E-state index contributed by atoms with van der Waals surface area (Å²) in [7, 11) is 0. The van der Waals surface area contributed by atoms with Crippen LogP contribution in [0.1, 0.15) is 62.4 Å². The topological polar surface area (TPSA) is 84.1 Å². The predicted octanol–water partition coefficient (Wildman–Crippen LogP) is 6.71. The molecule has 1 saturated carbocycles. The Balaban J connectivity index is 1.98. The Hall–Kier alpha value is -3.61. The smallest absolute Gasteiger partial charge is 0.420 e. The van der Waals surface area contributed by atoms with Crippen LogP contribution in [0.25, 0.3) is 4.85 Å². The first-order valence-electron chi connectivity index (χ1n) is 11.2. The van der Waals surface area contributed by atoms with E-state index in [-0.39, 0.29) is 40.6 Å². The Morgan fingerprint density at radius 2 is 1.86 bits per heavy atom. The molecule has 7 nitrogen and oxygen atoms in total. The fourth-order valence-electron chi connectivity index (χ4n) is 4.21. The number of hydrogen-bond acceptors (Lipinski definition) is 4. The maximum atomic E-state index is 13.5. The summed E-state index contributed by atoms with van der Waals surface area (Å²) < 4.78 is 45.7. The summed E-state index contributed by atoms with van der Waals surface area (Å²) >= 11 is 0. The van der Waals surface area contributed by atoms with E-state index >= 15 is 0 Å². The Morgan fingerprint density at radius 3 is 2.40 bits per heavy atom. The Kier molecular flexibility index (Phi) is 7.68. The highest BCUT2D eigenvalue weighted by atomic mass is 19.4. The highest BCUT2D eigenvalue weighted by molar-refractivity contribution is 6.03. The highest BCUT2D eigenvalue weighted by Gasteiger charge is 2.36. The number of pyridine rings is 1. The SMILES string of the molecule is [C-]#[N+]c1cnc(Oc2ccc(N(C(=O)[C@H]3CC[C@H](C)CC3)C(C)C)c(C(=O)O)c2)c(C(F)(F)F)c1. The van der Waals surface area contributed by atoms with Crippen LogP contribution in [-0.4, -0.2) is 28.0 Å². The van der Waals surface area contributed by atoms with Crippen molar-refractivity contribution in [3.8, 4) is 11.6 Å². The van der Waals surface area contributed by atoms with Crippen LogP contribution >= 0.6 is 0 Å². The summed E-state index contributed by atoms with van der Waals surface area (Å²) in [6.45, 7) is 12.6. The number of halogens is 3. The minimum Gasteiger partial charge on any atom is -0.478 e. The molecule has 186 valence electrons. The number of benzene rings is 1. The Labute approximate surface area is 201 Å². The lowest BCUT2D eigenvalue weighted by Gasteiger charge is -2.34. The van der Waals surface area contributed by atoms with Crippen molar-refractivity contribution in [3.63, 3.8) is 0 Å². The number of alkyl halides is 3. The molecule has 0 atom stereocenters. The predicted molar refractivity (Wildman–Crippen MR) is 123 cm³/mol. The molecule has 0 radical (unpaired) electrons. The molecule has 1 aromatic heterocycles. The zero-order valence-electron chi connectivity index (χ0n) is 19.6. The van der Waals surface area contributed by atoms with Gasteiger partial charge in [-0.1, -0.05) is 6.92 Å². The molecule has 3 rings (SSSR count). The third-order valence-electron chi connectivity index (χ3n) is 6.06. The lowest BCUT2D eigenvalue weighted by atomic mass is 9.82. The first-order valence-corrected chi connectivity index (χ1v) is 11.2. The lowest BCUT2D eigenvalue weighted by molar-refractivity contribution is -0.138. The molecule has 0 saturated heterocycles. The van der Waals surface area contributed by atoms with Gasteiger partial charge in [0.05, 0.1) is 17.8 Å². The van der Waals surface area contributed by atoms with E-state index in [2.05, 4.69) is 16.8 Å². The molecule has 1 fully saturated rings. The van der Waals surface area contributed by atoms with Crippen LogP contribution in [0.3, 0.4) is 0 Å². The summed E-state index contributed by atoms with van der Waals surface area (Å²) in [6, 6.07) is 4.02. The van der Waals surface area contributed by atoms with Crippen LogP contribution in [0.4, 0.5) is 24.5 Å². The van der Waals surface area contributed by atoms with Crippen molar-refractivity contribution in [2.45, 2.75) is 58.7 Å². The number of rotatable bonds is 6. The minimum atomic E-state index is -4.84. The second kappa shape index (κ2) is 10.3. The normalized spacial score (nSPS) is 18.1. The van der Waals surface area contributed by atoms with E-state index in [0.29, 0.717) is 12.0 Å². The molecular formula is C25H26F3N3O4. The summed E-state index contributed by atoms with van der Waals surface area (Å²) in [6.07, 6.45) is -0.618. The monoisotopic (exact) mass is 489 g/mol. The molecule has 1 amide bonds. The molecule has 10 heteroatoms. The van der Waals surface area contributed by atoms with E-state index in [4.69, 9.17) is 11.3 Å². The molecule has 0 unspecified atom stereocenters. The van der Waals surface area contributed by atoms with Crippen molar-refractivity contribution in [1.29, 1.82) is 0 Å². The van der Waals surface area contributed by atoms with Gasteiger partial charge < -0.3 is 14.7 Å². The molecule has 35 heavy (non-hydrogen) atoms. The molecule has 1 aliphatic rings. The first kappa shape index (κ1) is 26.0. The molecule has 0 aliphatic heterocycles. The molecule has 1 N–H and O–H groups in total. The molecule has 1 heterocycles. The number of carbonyl (C=O) groups excluding carboxylic acids is 1. The number of nitrogens with zero attached hydrogens (tertiary/aromatic N) is 3. The molecule has 0 bridgehead atoms. The second-order valence-electron chi connectivity index (χ2n) is 9.00. The fourth-order valence-corrected chi connectivity index (χ4v) is 4.21. The number of hydrogen-bond donors (Lipinski definition) is 1. The van der Waals surface area contributed by atoms with Crippen molar-refractivity contribution in [2.75, 3.05) is 4.90 Å². The maximum Gasteiger partial charge on any atom is 0.420 e. The molecule has 2 aromatic rings. The average molecular weight is 489 g/mol. The van der Waals surface area contributed by atoms with Gasteiger partial charge in [-0.25, -0.2) is 14.6 Å². The van der Waals surface area contributed by atoms with Gasteiger partial charge in [0.15, 0.2) is 0 Å². The van der Waals surface area contributed by atoms with Gasteiger partial charge in [-0.3, -0.25) is 4.79 Å². The van der Waals surface area contributed by atoms with Gasteiger partial charge in [0.25, 0.3) is 0 Å². The van der Waals surface area contributed by atoms with Crippen LogP contribution in [0.15, 0.2) is 30.5 Å². The number of ether oxygens (including phenoxy) is 1. The van der Waals surface area contributed by atoms with Gasteiger partial charge in [-0.2, -0.15) is 13.2 Å². The van der Waals surface area contributed by atoms with Gasteiger partial charge in [0.1, 0.15) is 11.3 Å². The first-order chi connectivity index (χ1) is 16.4. The fraction of sp³-hybridized carbons (Fsp3) is 0.440. The van der Waals surface area contributed by atoms with Crippen molar-refractivity contribution < 1.29 is 32.6 Å². The van der Waals surface area contributed by atoms with Crippen molar-refractivity contribution in [3.05, 3.63) is 53.0 Å². The summed E-state index contributed by atoms with van der Waals surface area (Å²) in [4.78, 5) is 33.4. The Morgan fingerprint density at radius 1 is 1.20 bits per heavy atom. The zero-order valence-corrected chi connectivity index (χ0v) is 19.6. The summed E-state index contributed by atoms with van der Waals surface area (Å²) in [5.41, 5.74) is -1.69. The highest BCUT2D eigenvalue weighted by Crippen LogP contribution is 2.40. The van der Waals surface area contributed by atoms with Crippen molar-refractivity contribution in [2.24, 2.45) is 11.8 Å². The van der Waals surface area contributed by atoms with Crippen LogP contribution in [0.2, 0.25) is 0 Å². The number of anilines is 1. The zero-order chi connectivity index (χ0) is 25.9. The molecule has 1 aliphatic carbocycles. The number of carbonyl (C=O) groups is 2. The number of aromatic nitrogens is 1. The van der Waals surface area contributed by atoms with E-state index in [9.17, 15) is 27.9 Å². The van der Waals surface area contributed by atoms with Crippen molar-refractivity contribution >= 4 is 23.3 Å². The molecule has 0 spiro atoms. The maximum absolute atomic E-state index is 13.5. The van der Waals surface area contributed by atoms with E-state index in [1.807, 2.05) is 0 Å². The van der Waals surface area contributed by atoms with Crippen LogP contribution in [0, 0.1) is 18.4 Å². The molecular weight excluding hydrogens is 463 g/mol. The van der Waals surface area contributed by atoms with Crippen LogP contribution < -0.4 is 9.64 Å². The van der Waals surface area contributed by atoms with Crippen molar-refractivity contribution in [1.82, 2.24) is 4.98 Å². The average Bonchev–Trinajstić information content (AvgIpc) is 2.79. The van der Waals surface area contributed by atoms with E-state index < -0.39 is 23.6 Å². The third kappa shape index (κ3) is 5.91. The molecule has 1 aromatic carbocycles. The van der Waals surface area contributed by atoms with Crippen LogP contribution in [-0.2, 0) is 11.0 Å². The third-order valence-corrected chi connectivity index (χ3v) is 6.06.